The number of fused-ring (bicyclic) bond motifs is 1. The predicted molar refractivity (Wildman–Crippen MR) is 142 cm³/mol. The van der Waals surface area contributed by atoms with E-state index in [9.17, 15) is 4.79 Å². The molecule has 2 aromatic carbocycles. The number of aromatic nitrogens is 3. The lowest BCUT2D eigenvalue weighted by atomic mass is 10.0. The molecule has 0 bridgehead atoms. The molecular weight excluding hydrogens is 436 g/mol. The highest BCUT2D eigenvalue weighted by atomic mass is 16.5. The van der Waals surface area contributed by atoms with E-state index in [2.05, 4.69) is 57.3 Å². The van der Waals surface area contributed by atoms with Crippen molar-refractivity contribution in [3.05, 3.63) is 76.5 Å². The molecule has 182 valence electrons. The van der Waals surface area contributed by atoms with Crippen LogP contribution in [0.2, 0.25) is 0 Å². The van der Waals surface area contributed by atoms with Gasteiger partial charge in [0.05, 0.1) is 18.0 Å². The van der Waals surface area contributed by atoms with Gasteiger partial charge in [-0.2, -0.15) is 10.1 Å². The lowest BCUT2D eigenvalue weighted by molar-refractivity contribution is -0.116. The number of ether oxygens (including phenoxy) is 1. The van der Waals surface area contributed by atoms with E-state index in [-0.39, 0.29) is 5.91 Å². The normalized spacial score (nSPS) is 11.3. The summed E-state index contributed by atoms with van der Waals surface area (Å²) in [7, 11) is 0. The average Bonchev–Trinajstić information content (AvgIpc) is 3.16. The summed E-state index contributed by atoms with van der Waals surface area (Å²) < 4.78 is 7.82. The average molecular weight is 471 g/mol. The van der Waals surface area contributed by atoms with E-state index in [0.29, 0.717) is 31.2 Å². The summed E-state index contributed by atoms with van der Waals surface area (Å²) in [6.45, 7) is 12.9. The number of benzene rings is 2. The lowest BCUT2D eigenvalue weighted by Crippen LogP contribution is -2.13. The molecule has 0 atom stereocenters. The van der Waals surface area contributed by atoms with Gasteiger partial charge in [-0.05, 0) is 75.4 Å². The van der Waals surface area contributed by atoms with Crippen LogP contribution in [0.5, 0.6) is 5.88 Å². The Hall–Kier alpha value is -3.67. The zero-order valence-corrected chi connectivity index (χ0v) is 21.5. The van der Waals surface area contributed by atoms with Gasteiger partial charge in [0.2, 0.25) is 11.8 Å². The summed E-state index contributed by atoms with van der Waals surface area (Å²) in [6.07, 6.45) is 0.875. The van der Waals surface area contributed by atoms with Crippen molar-refractivity contribution in [2.75, 3.05) is 11.9 Å². The molecule has 0 radical (unpaired) electrons. The molecule has 0 aliphatic carbocycles. The number of hydrogen-bond acceptors (Lipinski definition) is 4. The van der Waals surface area contributed by atoms with Crippen LogP contribution in [0.25, 0.3) is 16.7 Å². The van der Waals surface area contributed by atoms with E-state index < -0.39 is 0 Å². The largest absolute Gasteiger partial charge is 0.478 e. The minimum Gasteiger partial charge on any atom is -0.478 e. The number of carbonyl (C=O) groups is 1. The lowest BCUT2D eigenvalue weighted by Gasteiger charge is -2.14. The molecule has 35 heavy (non-hydrogen) atoms. The van der Waals surface area contributed by atoms with Crippen LogP contribution < -0.4 is 10.1 Å². The number of pyridine rings is 1. The van der Waals surface area contributed by atoms with Crippen LogP contribution in [-0.4, -0.2) is 27.3 Å². The number of aryl methyl sites for hydroxylation is 3. The molecule has 4 rings (SSSR count). The highest BCUT2D eigenvalue weighted by molar-refractivity contribution is 5.91. The standard InChI is InChI=1S/C29H34N4O2/c1-7-35-29-25(16-17-26(34)30-23-12-10-22(11-13-23)18(2)3)20(5)27-21(6)32-33(28(27)31-29)24-14-8-19(4)9-15-24/h8-15,18H,7,16-17H2,1-6H3,(H,30,34). The number of anilines is 1. The zero-order valence-electron chi connectivity index (χ0n) is 21.5. The van der Waals surface area contributed by atoms with E-state index in [1.807, 2.05) is 42.8 Å². The molecule has 4 aromatic rings. The number of nitrogens with zero attached hydrogens (tertiary/aromatic N) is 3. The third-order valence-electron chi connectivity index (χ3n) is 6.35. The Labute approximate surface area is 207 Å². The summed E-state index contributed by atoms with van der Waals surface area (Å²) in [5.74, 6) is 0.997. The second-order valence-corrected chi connectivity index (χ2v) is 9.31. The second kappa shape index (κ2) is 10.3. The molecule has 0 aliphatic heterocycles. The molecule has 1 N–H and O–H groups in total. The van der Waals surface area contributed by atoms with E-state index in [0.717, 1.165) is 39.2 Å². The van der Waals surface area contributed by atoms with Gasteiger partial charge < -0.3 is 10.1 Å². The van der Waals surface area contributed by atoms with Crippen LogP contribution in [0.15, 0.2) is 48.5 Å². The molecule has 6 nitrogen and oxygen atoms in total. The molecule has 0 saturated heterocycles. The molecule has 0 saturated carbocycles. The van der Waals surface area contributed by atoms with Crippen molar-refractivity contribution >= 4 is 22.6 Å². The molecule has 2 aromatic heterocycles. The van der Waals surface area contributed by atoms with Gasteiger partial charge in [-0.15, -0.1) is 0 Å². The summed E-state index contributed by atoms with van der Waals surface area (Å²) in [6, 6.07) is 16.3. The van der Waals surface area contributed by atoms with E-state index in [1.165, 1.54) is 11.1 Å². The van der Waals surface area contributed by atoms with Gasteiger partial charge in [-0.3, -0.25) is 4.79 Å². The quantitative estimate of drug-likeness (QED) is 0.322. The fraction of sp³-hybridized carbons (Fsp3) is 0.345. The van der Waals surface area contributed by atoms with Crippen LogP contribution in [0.3, 0.4) is 0 Å². The maximum Gasteiger partial charge on any atom is 0.224 e. The highest BCUT2D eigenvalue weighted by Gasteiger charge is 2.20. The first-order chi connectivity index (χ1) is 16.8. The second-order valence-electron chi connectivity index (χ2n) is 9.31. The monoisotopic (exact) mass is 470 g/mol. The molecule has 2 heterocycles. The smallest absolute Gasteiger partial charge is 0.224 e. The van der Waals surface area contributed by atoms with Gasteiger partial charge in [-0.25, -0.2) is 4.68 Å². The van der Waals surface area contributed by atoms with Crippen molar-refractivity contribution in [3.63, 3.8) is 0 Å². The van der Waals surface area contributed by atoms with Crippen molar-refractivity contribution < 1.29 is 9.53 Å². The molecule has 0 spiro atoms. The van der Waals surface area contributed by atoms with E-state index in [1.54, 1.807) is 0 Å². The Morgan fingerprint density at radius 2 is 1.71 bits per heavy atom. The van der Waals surface area contributed by atoms with Gasteiger partial charge >= 0.3 is 0 Å². The number of hydrogen-bond donors (Lipinski definition) is 1. The summed E-state index contributed by atoms with van der Waals surface area (Å²) in [5, 5.41) is 8.80. The zero-order chi connectivity index (χ0) is 25.1. The van der Waals surface area contributed by atoms with Gasteiger partial charge in [0.25, 0.3) is 0 Å². The van der Waals surface area contributed by atoms with Crippen molar-refractivity contribution in [2.24, 2.45) is 0 Å². The Morgan fingerprint density at radius 1 is 1.03 bits per heavy atom. The molecule has 0 unspecified atom stereocenters. The fourth-order valence-electron chi connectivity index (χ4n) is 4.36. The summed E-state index contributed by atoms with van der Waals surface area (Å²) in [4.78, 5) is 17.6. The summed E-state index contributed by atoms with van der Waals surface area (Å²) >= 11 is 0. The SMILES string of the molecule is CCOc1nc2c(c(C)nn2-c2ccc(C)cc2)c(C)c1CCC(=O)Nc1ccc(C(C)C)cc1. The van der Waals surface area contributed by atoms with Gasteiger partial charge in [0.15, 0.2) is 5.65 Å². The van der Waals surface area contributed by atoms with Crippen LogP contribution in [0.4, 0.5) is 5.69 Å². The minimum absolute atomic E-state index is 0.0312. The van der Waals surface area contributed by atoms with Crippen molar-refractivity contribution in [3.8, 4) is 11.6 Å². The third kappa shape index (κ3) is 5.21. The van der Waals surface area contributed by atoms with E-state index >= 15 is 0 Å². The van der Waals surface area contributed by atoms with Crippen molar-refractivity contribution in [1.29, 1.82) is 0 Å². The number of rotatable bonds is 8. The number of amides is 1. The molecule has 0 aliphatic rings. The van der Waals surface area contributed by atoms with Gasteiger partial charge in [0.1, 0.15) is 0 Å². The highest BCUT2D eigenvalue weighted by Crippen LogP contribution is 2.32. The molecular formula is C29H34N4O2. The maximum atomic E-state index is 12.7. The number of carbonyl (C=O) groups excluding carboxylic acids is 1. The van der Waals surface area contributed by atoms with Crippen molar-refractivity contribution in [2.45, 2.75) is 60.3 Å². The van der Waals surface area contributed by atoms with Gasteiger partial charge in [-0.1, -0.05) is 43.7 Å². The van der Waals surface area contributed by atoms with Crippen molar-refractivity contribution in [1.82, 2.24) is 14.8 Å². The first-order valence-electron chi connectivity index (χ1n) is 12.3. The Balaban J connectivity index is 1.61. The van der Waals surface area contributed by atoms with Crippen LogP contribution in [-0.2, 0) is 11.2 Å². The van der Waals surface area contributed by atoms with Crippen LogP contribution >= 0.6 is 0 Å². The predicted octanol–water partition coefficient (Wildman–Crippen LogP) is 6.44. The molecule has 0 fully saturated rings. The fourth-order valence-corrected chi connectivity index (χ4v) is 4.36. The van der Waals surface area contributed by atoms with Crippen LogP contribution in [0, 0.1) is 20.8 Å². The first-order valence-corrected chi connectivity index (χ1v) is 12.3. The molecule has 1 amide bonds. The third-order valence-corrected chi connectivity index (χ3v) is 6.35. The Bertz CT molecular complexity index is 1340. The minimum atomic E-state index is -0.0312. The van der Waals surface area contributed by atoms with E-state index in [4.69, 9.17) is 14.8 Å². The maximum absolute atomic E-state index is 12.7. The molecule has 6 heteroatoms. The Morgan fingerprint density at radius 3 is 2.34 bits per heavy atom. The van der Waals surface area contributed by atoms with Gasteiger partial charge in [0, 0.05) is 23.1 Å². The Kier molecular flexibility index (Phi) is 7.20. The topological polar surface area (TPSA) is 69.0 Å². The number of nitrogens with one attached hydrogen (secondary N) is 1. The first kappa shape index (κ1) is 24.5. The summed E-state index contributed by atoms with van der Waals surface area (Å²) in [5.41, 5.74) is 7.90. The van der Waals surface area contributed by atoms with Crippen LogP contribution in [0.1, 0.15) is 61.1 Å².